The van der Waals surface area contributed by atoms with Crippen molar-refractivity contribution in [3.05, 3.63) is 34.8 Å². The summed E-state index contributed by atoms with van der Waals surface area (Å²) in [5, 5.41) is 9.51. The zero-order chi connectivity index (χ0) is 13.9. The molecule has 0 atom stereocenters. The Bertz CT molecular complexity index is 574. The van der Waals surface area contributed by atoms with Gasteiger partial charge in [0.05, 0.1) is 6.54 Å². The third-order valence-electron chi connectivity index (χ3n) is 3.58. The molecule has 1 fully saturated rings. The Labute approximate surface area is 123 Å². The molecular formula is C14H19N5S. The zero-order valence-corrected chi connectivity index (χ0v) is 12.4. The van der Waals surface area contributed by atoms with Crippen LogP contribution in [0.15, 0.2) is 24.3 Å². The molecule has 0 radical (unpaired) electrons. The van der Waals surface area contributed by atoms with Crippen molar-refractivity contribution in [2.45, 2.75) is 13.5 Å². The number of nitrogen functional groups attached to an aromatic ring is 1. The number of anilines is 2. The SMILES string of the molecule is Cc1cccc(N2CCN(Cc3nnc(N)s3)CC2)c1. The molecule has 1 aromatic carbocycles. The van der Waals surface area contributed by atoms with Crippen LogP contribution in [0.3, 0.4) is 0 Å². The van der Waals surface area contributed by atoms with Crippen LogP contribution in [0.4, 0.5) is 10.8 Å². The maximum Gasteiger partial charge on any atom is 0.203 e. The van der Waals surface area contributed by atoms with E-state index in [1.807, 2.05) is 0 Å². The van der Waals surface area contributed by atoms with Crippen LogP contribution in [0.25, 0.3) is 0 Å². The lowest BCUT2D eigenvalue weighted by atomic mass is 10.2. The Kier molecular flexibility index (Phi) is 3.84. The molecule has 2 heterocycles. The molecule has 0 aliphatic carbocycles. The highest BCUT2D eigenvalue weighted by Crippen LogP contribution is 2.19. The predicted molar refractivity (Wildman–Crippen MR) is 83.0 cm³/mol. The molecule has 0 spiro atoms. The maximum absolute atomic E-state index is 5.61. The van der Waals surface area contributed by atoms with E-state index in [1.165, 1.54) is 22.6 Å². The topological polar surface area (TPSA) is 58.3 Å². The van der Waals surface area contributed by atoms with Crippen molar-refractivity contribution in [1.82, 2.24) is 15.1 Å². The summed E-state index contributed by atoms with van der Waals surface area (Å²) in [5.74, 6) is 0. The maximum atomic E-state index is 5.61. The Balaban J connectivity index is 1.57. The minimum absolute atomic E-state index is 0.554. The first-order valence-electron chi connectivity index (χ1n) is 6.82. The van der Waals surface area contributed by atoms with Crippen molar-refractivity contribution in [2.24, 2.45) is 0 Å². The summed E-state index contributed by atoms with van der Waals surface area (Å²) in [6.07, 6.45) is 0. The van der Waals surface area contributed by atoms with E-state index in [2.05, 4.69) is 51.2 Å². The van der Waals surface area contributed by atoms with Crippen LogP contribution >= 0.6 is 11.3 Å². The second-order valence-corrected chi connectivity index (χ2v) is 6.23. The van der Waals surface area contributed by atoms with Gasteiger partial charge in [0.25, 0.3) is 0 Å². The molecule has 0 unspecified atom stereocenters. The number of benzene rings is 1. The van der Waals surface area contributed by atoms with Gasteiger partial charge in [-0.2, -0.15) is 0 Å². The summed E-state index contributed by atoms with van der Waals surface area (Å²) in [7, 11) is 0. The number of hydrogen-bond acceptors (Lipinski definition) is 6. The molecular weight excluding hydrogens is 270 g/mol. The van der Waals surface area contributed by atoms with Gasteiger partial charge in [0.15, 0.2) is 0 Å². The van der Waals surface area contributed by atoms with Gasteiger partial charge in [-0.05, 0) is 24.6 Å². The van der Waals surface area contributed by atoms with Gasteiger partial charge in [0.2, 0.25) is 5.13 Å². The number of piperazine rings is 1. The van der Waals surface area contributed by atoms with Crippen LogP contribution in [-0.4, -0.2) is 41.3 Å². The Hall–Kier alpha value is -1.66. The summed E-state index contributed by atoms with van der Waals surface area (Å²) >= 11 is 1.48. The van der Waals surface area contributed by atoms with E-state index in [-0.39, 0.29) is 0 Å². The highest BCUT2D eigenvalue weighted by atomic mass is 32.1. The second kappa shape index (κ2) is 5.76. The van der Waals surface area contributed by atoms with Crippen molar-refractivity contribution < 1.29 is 0 Å². The first-order chi connectivity index (χ1) is 9.70. The van der Waals surface area contributed by atoms with Gasteiger partial charge in [-0.3, -0.25) is 4.90 Å². The van der Waals surface area contributed by atoms with Crippen LogP contribution in [0.5, 0.6) is 0 Å². The molecule has 0 bridgehead atoms. The number of aryl methyl sites for hydroxylation is 1. The number of aromatic nitrogens is 2. The molecule has 1 aliphatic heterocycles. The largest absolute Gasteiger partial charge is 0.374 e. The van der Waals surface area contributed by atoms with Gasteiger partial charge < -0.3 is 10.6 Å². The van der Waals surface area contributed by atoms with Crippen LogP contribution in [-0.2, 0) is 6.54 Å². The highest BCUT2D eigenvalue weighted by Gasteiger charge is 2.18. The summed E-state index contributed by atoms with van der Waals surface area (Å²) < 4.78 is 0. The van der Waals surface area contributed by atoms with Crippen molar-refractivity contribution in [1.29, 1.82) is 0 Å². The molecule has 1 aliphatic rings. The number of nitrogens with zero attached hydrogens (tertiary/aromatic N) is 4. The summed E-state index contributed by atoms with van der Waals surface area (Å²) in [6, 6.07) is 8.70. The quantitative estimate of drug-likeness (QED) is 0.933. The van der Waals surface area contributed by atoms with Gasteiger partial charge in [-0.15, -0.1) is 10.2 Å². The highest BCUT2D eigenvalue weighted by molar-refractivity contribution is 7.15. The number of rotatable bonds is 3. The van der Waals surface area contributed by atoms with E-state index < -0.39 is 0 Å². The monoisotopic (exact) mass is 289 g/mol. The van der Waals surface area contributed by atoms with E-state index >= 15 is 0 Å². The van der Waals surface area contributed by atoms with Gasteiger partial charge in [0.1, 0.15) is 5.01 Å². The minimum Gasteiger partial charge on any atom is -0.374 e. The summed E-state index contributed by atoms with van der Waals surface area (Å²) in [4.78, 5) is 4.85. The Morgan fingerprint density at radius 1 is 1.20 bits per heavy atom. The molecule has 5 nitrogen and oxygen atoms in total. The van der Waals surface area contributed by atoms with Crippen molar-refractivity contribution in [3.63, 3.8) is 0 Å². The Morgan fingerprint density at radius 2 is 2.00 bits per heavy atom. The molecule has 20 heavy (non-hydrogen) atoms. The fourth-order valence-electron chi connectivity index (χ4n) is 2.51. The predicted octanol–water partition coefficient (Wildman–Crippen LogP) is 1.75. The lowest BCUT2D eigenvalue weighted by molar-refractivity contribution is 0.249. The molecule has 1 saturated heterocycles. The van der Waals surface area contributed by atoms with Crippen LogP contribution in [0.2, 0.25) is 0 Å². The summed E-state index contributed by atoms with van der Waals surface area (Å²) in [6.45, 7) is 7.20. The second-order valence-electron chi connectivity index (χ2n) is 5.14. The Morgan fingerprint density at radius 3 is 2.65 bits per heavy atom. The van der Waals surface area contributed by atoms with Crippen LogP contribution in [0, 0.1) is 6.92 Å². The first-order valence-corrected chi connectivity index (χ1v) is 7.64. The van der Waals surface area contributed by atoms with Crippen molar-refractivity contribution >= 4 is 22.2 Å². The fourth-order valence-corrected chi connectivity index (χ4v) is 3.16. The average molecular weight is 289 g/mol. The van der Waals surface area contributed by atoms with Gasteiger partial charge in [0, 0.05) is 31.9 Å². The lowest BCUT2D eigenvalue weighted by Crippen LogP contribution is -2.45. The molecule has 106 valence electrons. The molecule has 0 saturated carbocycles. The van der Waals surface area contributed by atoms with E-state index in [9.17, 15) is 0 Å². The smallest absolute Gasteiger partial charge is 0.203 e. The third-order valence-corrected chi connectivity index (χ3v) is 4.32. The van der Waals surface area contributed by atoms with Crippen LogP contribution in [0.1, 0.15) is 10.6 Å². The zero-order valence-electron chi connectivity index (χ0n) is 11.6. The lowest BCUT2D eigenvalue weighted by Gasteiger charge is -2.35. The van der Waals surface area contributed by atoms with Crippen molar-refractivity contribution in [2.75, 3.05) is 36.8 Å². The summed E-state index contributed by atoms with van der Waals surface area (Å²) in [5.41, 5.74) is 8.25. The third kappa shape index (κ3) is 3.08. The first kappa shape index (κ1) is 13.3. The number of hydrogen-bond donors (Lipinski definition) is 1. The minimum atomic E-state index is 0.554. The molecule has 2 N–H and O–H groups in total. The van der Waals surface area contributed by atoms with Gasteiger partial charge in [-0.1, -0.05) is 23.5 Å². The van der Waals surface area contributed by atoms with E-state index in [0.29, 0.717) is 5.13 Å². The molecule has 0 amide bonds. The fraction of sp³-hybridized carbons (Fsp3) is 0.429. The van der Waals surface area contributed by atoms with E-state index in [1.54, 1.807) is 0 Å². The van der Waals surface area contributed by atoms with Crippen LogP contribution < -0.4 is 10.6 Å². The van der Waals surface area contributed by atoms with Gasteiger partial charge in [-0.25, -0.2) is 0 Å². The molecule has 2 aromatic rings. The molecule has 6 heteroatoms. The normalized spacial score (nSPS) is 16.6. The molecule has 3 rings (SSSR count). The molecule has 1 aromatic heterocycles. The van der Waals surface area contributed by atoms with E-state index in [4.69, 9.17) is 5.73 Å². The van der Waals surface area contributed by atoms with Gasteiger partial charge >= 0.3 is 0 Å². The number of nitrogens with two attached hydrogens (primary N) is 1. The van der Waals surface area contributed by atoms with Crippen molar-refractivity contribution in [3.8, 4) is 0 Å². The average Bonchev–Trinajstić information content (AvgIpc) is 2.85. The standard InChI is InChI=1S/C14H19N5S/c1-11-3-2-4-12(9-11)19-7-5-18(6-8-19)10-13-16-17-14(15)20-13/h2-4,9H,5-8,10H2,1H3,(H2,15,17). The van der Waals surface area contributed by atoms with E-state index in [0.717, 1.165) is 37.7 Å².